The quantitative estimate of drug-likeness (QED) is 0.287. The van der Waals surface area contributed by atoms with Gasteiger partial charge in [0.05, 0.1) is 10.7 Å². The summed E-state index contributed by atoms with van der Waals surface area (Å²) in [6.45, 7) is 8.75. The number of rotatable bonds is 11. The SMILES string of the molecule is CNC(=S)C(C(=O)OCC=C(C)CCC=C(C)CCC=C(C)C)c1ccccn1. The lowest BCUT2D eigenvalue weighted by atomic mass is 10.0. The van der Waals surface area contributed by atoms with Crippen molar-refractivity contribution in [2.24, 2.45) is 0 Å². The third-order valence-electron chi connectivity index (χ3n) is 4.51. The molecule has 0 aromatic carbocycles. The average Bonchev–Trinajstić information content (AvgIpc) is 2.68. The van der Waals surface area contributed by atoms with Crippen molar-refractivity contribution in [1.82, 2.24) is 10.3 Å². The van der Waals surface area contributed by atoms with Crippen molar-refractivity contribution >= 4 is 23.2 Å². The van der Waals surface area contributed by atoms with Gasteiger partial charge in [-0.2, -0.15) is 0 Å². The number of carbonyl (C=O) groups is 1. The molecule has 0 saturated heterocycles. The van der Waals surface area contributed by atoms with Crippen LogP contribution in [0.1, 0.15) is 65.0 Å². The predicted octanol–water partition coefficient (Wildman–Crippen LogP) is 5.67. The van der Waals surface area contributed by atoms with Gasteiger partial charge < -0.3 is 10.1 Å². The number of nitrogens with one attached hydrogen (secondary N) is 1. The monoisotopic (exact) mass is 414 g/mol. The predicted molar refractivity (Wildman–Crippen MR) is 125 cm³/mol. The van der Waals surface area contributed by atoms with Gasteiger partial charge >= 0.3 is 5.97 Å². The van der Waals surface area contributed by atoms with Crippen molar-refractivity contribution in [2.75, 3.05) is 13.7 Å². The summed E-state index contributed by atoms with van der Waals surface area (Å²) in [5.74, 6) is -1.07. The number of ether oxygens (including phenoxy) is 1. The van der Waals surface area contributed by atoms with Crippen molar-refractivity contribution in [3.8, 4) is 0 Å². The minimum Gasteiger partial charge on any atom is -0.461 e. The molecule has 0 fully saturated rings. The van der Waals surface area contributed by atoms with E-state index in [2.05, 4.69) is 50.1 Å². The van der Waals surface area contributed by atoms with E-state index in [4.69, 9.17) is 17.0 Å². The van der Waals surface area contributed by atoms with Crippen LogP contribution in [-0.4, -0.2) is 29.6 Å². The van der Waals surface area contributed by atoms with E-state index >= 15 is 0 Å². The van der Waals surface area contributed by atoms with Crippen molar-refractivity contribution in [3.63, 3.8) is 0 Å². The number of aromatic nitrogens is 1. The minimum atomic E-state index is -0.684. The first kappa shape index (κ1) is 24.8. The van der Waals surface area contributed by atoms with E-state index in [0.717, 1.165) is 25.7 Å². The van der Waals surface area contributed by atoms with Crippen LogP contribution in [0.3, 0.4) is 0 Å². The van der Waals surface area contributed by atoms with Crippen molar-refractivity contribution in [3.05, 3.63) is 65.0 Å². The molecule has 4 nitrogen and oxygen atoms in total. The van der Waals surface area contributed by atoms with Crippen molar-refractivity contribution < 1.29 is 9.53 Å². The zero-order chi connectivity index (χ0) is 21.6. The van der Waals surface area contributed by atoms with Gasteiger partial charge in [0, 0.05) is 13.2 Å². The molecule has 5 heteroatoms. The van der Waals surface area contributed by atoms with E-state index in [1.54, 1.807) is 25.4 Å². The number of allylic oxidation sites excluding steroid dienone is 5. The Labute approximate surface area is 181 Å². The second-order valence-electron chi connectivity index (χ2n) is 7.39. The molecule has 1 heterocycles. The lowest BCUT2D eigenvalue weighted by Gasteiger charge is -2.16. The number of nitrogens with zero attached hydrogens (tertiary/aromatic N) is 1. The number of pyridine rings is 1. The molecule has 0 bridgehead atoms. The van der Waals surface area contributed by atoms with Gasteiger partial charge in [-0.1, -0.05) is 47.2 Å². The Kier molecular flexibility index (Phi) is 11.8. The maximum atomic E-state index is 12.5. The highest BCUT2D eigenvalue weighted by molar-refractivity contribution is 7.80. The zero-order valence-corrected chi connectivity index (χ0v) is 19.1. The van der Waals surface area contributed by atoms with Gasteiger partial charge in [0.15, 0.2) is 0 Å². The first-order valence-electron chi connectivity index (χ1n) is 10.1. The lowest BCUT2D eigenvalue weighted by molar-refractivity contribution is -0.142. The van der Waals surface area contributed by atoms with Gasteiger partial charge in [0.25, 0.3) is 0 Å². The molecule has 1 aromatic rings. The molecular formula is C24H34N2O2S. The fourth-order valence-corrected chi connectivity index (χ4v) is 2.96. The molecule has 1 unspecified atom stereocenters. The lowest BCUT2D eigenvalue weighted by Crippen LogP contribution is -2.31. The number of esters is 1. The van der Waals surface area contributed by atoms with Crippen LogP contribution < -0.4 is 5.32 Å². The van der Waals surface area contributed by atoms with Crippen LogP contribution in [0.2, 0.25) is 0 Å². The Morgan fingerprint density at radius 1 is 1.10 bits per heavy atom. The van der Waals surface area contributed by atoms with Gasteiger partial charge in [0.1, 0.15) is 12.5 Å². The Morgan fingerprint density at radius 3 is 2.34 bits per heavy atom. The highest BCUT2D eigenvalue weighted by Crippen LogP contribution is 2.17. The number of thiocarbonyl (C=S) groups is 1. The third-order valence-corrected chi connectivity index (χ3v) is 4.95. The number of hydrogen-bond acceptors (Lipinski definition) is 4. The molecule has 0 aliphatic carbocycles. The summed E-state index contributed by atoms with van der Waals surface area (Å²) >= 11 is 5.29. The molecule has 1 aromatic heterocycles. The molecule has 0 amide bonds. The molecule has 1 atom stereocenters. The first-order chi connectivity index (χ1) is 13.8. The van der Waals surface area contributed by atoms with Crippen molar-refractivity contribution in [2.45, 2.75) is 59.3 Å². The van der Waals surface area contributed by atoms with E-state index in [9.17, 15) is 4.79 Å². The molecule has 0 aliphatic heterocycles. The van der Waals surface area contributed by atoms with E-state index in [-0.39, 0.29) is 12.6 Å². The second kappa shape index (κ2) is 13.8. The van der Waals surface area contributed by atoms with Crippen LogP contribution >= 0.6 is 12.2 Å². The largest absolute Gasteiger partial charge is 0.461 e. The number of hydrogen-bond donors (Lipinski definition) is 1. The Hall–Kier alpha value is -2.27. The summed E-state index contributed by atoms with van der Waals surface area (Å²) in [5, 5.41) is 2.87. The van der Waals surface area contributed by atoms with Crippen LogP contribution in [0.15, 0.2) is 59.3 Å². The van der Waals surface area contributed by atoms with E-state index in [0.29, 0.717) is 10.7 Å². The summed E-state index contributed by atoms with van der Waals surface area (Å²) in [7, 11) is 1.70. The van der Waals surface area contributed by atoms with Gasteiger partial charge in [-0.05, 0) is 71.6 Å². The highest BCUT2D eigenvalue weighted by atomic mass is 32.1. The van der Waals surface area contributed by atoms with Crippen molar-refractivity contribution in [1.29, 1.82) is 0 Å². The summed E-state index contributed by atoms with van der Waals surface area (Å²) in [5.41, 5.74) is 4.58. The van der Waals surface area contributed by atoms with Crippen LogP contribution in [0.5, 0.6) is 0 Å². The maximum Gasteiger partial charge on any atom is 0.322 e. The Bertz CT molecular complexity index is 747. The third kappa shape index (κ3) is 10.2. The van der Waals surface area contributed by atoms with Gasteiger partial charge in [0.2, 0.25) is 0 Å². The molecule has 29 heavy (non-hydrogen) atoms. The Morgan fingerprint density at radius 2 is 1.76 bits per heavy atom. The number of likely N-dealkylation sites (N-methyl/N-ethyl adjacent to an activating group) is 1. The fraction of sp³-hybridized carbons (Fsp3) is 0.458. The zero-order valence-electron chi connectivity index (χ0n) is 18.3. The second-order valence-corrected chi connectivity index (χ2v) is 7.83. The minimum absolute atomic E-state index is 0.240. The van der Waals surface area contributed by atoms with E-state index in [1.807, 2.05) is 12.1 Å². The summed E-state index contributed by atoms with van der Waals surface area (Å²) in [4.78, 5) is 17.2. The molecule has 158 valence electrons. The standard InChI is InChI=1S/C24H34N2O2S/c1-18(2)10-8-11-19(3)12-9-13-20(4)15-17-28-24(27)22(23(29)25-5)21-14-6-7-16-26-21/h6-7,10,12,14-16,22H,8-9,11,13,17H2,1-5H3,(H,25,29). The van der Waals surface area contributed by atoms with Gasteiger partial charge in [-0.3, -0.25) is 9.78 Å². The number of carbonyl (C=O) groups excluding carboxylic acids is 1. The molecule has 0 aliphatic rings. The Balaban J connectivity index is 2.50. The van der Waals surface area contributed by atoms with Gasteiger partial charge in [-0.25, -0.2) is 0 Å². The van der Waals surface area contributed by atoms with Gasteiger partial charge in [-0.15, -0.1) is 0 Å². The van der Waals surface area contributed by atoms with Crippen LogP contribution in [0, 0.1) is 0 Å². The molecular weight excluding hydrogens is 380 g/mol. The molecule has 0 saturated carbocycles. The summed E-state index contributed by atoms with van der Waals surface area (Å²) < 4.78 is 5.45. The normalized spacial score (nSPS) is 12.9. The molecule has 0 spiro atoms. The molecule has 1 N–H and O–H groups in total. The topological polar surface area (TPSA) is 51.2 Å². The van der Waals surface area contributed by atoms with E-state index < -0.39 is 5.92 Å². The first-order valence-corrected chi connectivity index (χ1v) is 10.5. The summed E-state index contributed by atoms with van der Waals surface area (Å²) in [6, 6.07) is 5.42. The average molecular weight is 415 g/mol. The molecule has 0 radical (unpaired) electrons. The van der Waals surface area contributed by atoms with Crippen LogP contribution in [-0.2, 0) is 9.53 Å². The van der Waals surface area contributed by atoms with Crippen LogP contribution in [0.4, 0.5) is 0 Å². The fourth-order valence-electron chi connectivity index (χ4n) is 2.74. The maximum absolute atomic E-state index is 12.5. The van der Waals surface area contributed by atoms with E-state index in [1.165, 1.54) is 16.7 Å². The van der Waals surface area contributed by atoms with Crippen LogP contribution in [0.25, 0.3) is 0 Å². The molecule has 1 rings (SSSR count). The summed E-state index contributed by atoms with van der Waals surface area (Å²) in [6.07, 6.45) is 12.3. The highest BCUT2D eigenvalue weighted by Gasteiger charge is 2.27. The smallest absolute Gasteiger partial charge is 0.322 e.